The molecule has 0 saturated carbocycles. The number of alkyl halides is 4. The Kier molecular flexibility index (Phi) is 5.92. The zero-order valence-corrected chi connectivity index (χ0v) is 20.6. The molecule has 0 aliphatic carbocycles. The number of nitrogens with one attached hydrogen (secondary N) is 2. The maximum absolute atomic E-state index is 15.3. The molecular formula is C24H25F4N5O3S. The summed E-state index contributed by atoms with van der Waals surface area (Å²) in [6.07, 6.45) is -5.62. The molecule has 3 aromatic rings. The zero-order valence-electron chi connectivity index (χ0n) is 19.8. The van der Waals surface area contributed by atoms with E-state index in [2.05, 4.69) is 25.7 Å². The third-order valence-corrected chi connectivity index (χ3v) is 9.01. The standard InChI is InChI=1S/C24H25F4N5O3S/c1-33-10-5-6-16(33)18(25)14(7-10)29-13-4-2-3-11-12(9-24(26,27)28)20(37-19(11)13)21-31-23(36-32-21)15-8-17(34)22(35)30-15/h2-4,10,14-18,29,34H,5-9H2,1H3,(H,30,35)/t10-,14-,15-,16+,17+,18-/m1/s1. The van der Waals surface area contributed by atoms with Crippen LogP contribution in [0, 0.1) is 0 Å². The zero-order chi connectivity index (χ0) is 26.1. The molecule has 1 amide bonds. The van der Waals surface area contributed by atoms with Gasteiger partial charge in [-0.2, -0.15) is 18.2 Å². The Bertz CT molecular complexity index is 1340. The number of carbonyl (C=O) groups is 1. The maximum atomic E-state index is 15.3. The highest BCUT2D eigenvalue weighted by molar-refractivity contribution is 7.23. The summed E-state index contributed by atoms with van der Waals surface area (Å²) in [7, 11) is 1.94. The second-order valence-corrected chi connectivity index (χ2v) is 11.1. The minimum Gasteiger partial charge on any atom is -0.383 e. The van der Waals surface area contributed by atoms with Crippen LogP contribution < -0.4 is 10.6 Å². The van der Waals surface area contributed by atoms with Crippen LogP contribution in [0.1, 0.15) is 43.2 Å². The summed E-state index contributed by atoms with van der Waals surface area (Å²) < 4.78 is 62.0. The minimum absolute atomic E-state index is 0.00994. The molecule has 2 aromatic heterocycles. The number of rotatable bonds is 5. The van der Waals surface area contributed by atoms with Crippen LogP contribution in [0.25, 0.3) is 20.8 Å². The number of aromatic nitrogens is 2. The van der Waals surface area contributed by atoms with Gasteiger partial charge in [0.1, 0.15) is 18.3 Å². The SMILES string of the molecule is CN1[C@@H]2CC[C@H]1[C@H](F)[C@H](Nc1cccc3c(CC(F)(F)F)c(-c4noc([C@H]5C[C@H](O)C(=O)N5)n4)sc13)C2. The first-order valence-electron chi connectivity index (χ1n) is 12.1. The molecule has 3 aliphatic rings. The van der Waals surface area contributed by atoms with Gasteiger partial charge in [0, 0.05) is 18.5 Å². The molecule has 0 spiro atoms. The average Bonchev–Trinajstić information content (AvgIpc) is 3.58. The summed E-state index contributed by atoms with van der Waals surface area (Å²) in [6, 6.07) is 3.98. The van der Waals surface area contributed by atoms with E-state index >= 15 is 4.39 Å². The van der Waals surface area contributed by atoms with Crippen molar-refractivity contribution in [2.24, 2.45) is 0 Å². The molecule has 13 heteroatoms. The van der Waals surface area contributed by atoms with Crippen LogP contribution in [-0.4, -0.2) is 69.7 Å². The highest BCUT2D eigenvalue weighted by Gasteiger charge is 2.46. The molecule has 0 unspecified atom stereocenters. The van der Waals surface area contributed by atoms with Gasteiger partial charge in [0.2, 0.25) is 17.6 Å². The third kappa shape index (κ3) is 4.36. The fourth-order valence-electron chi connectivity index (χ4n) is 5.87. The minimum atomic E-state index is -4.49. The number of halogens is 4. The summed E-state index contributed by atoms with van der Waals surface area (Å²) in [5, 5.41) is 19.8. The van der Waals surface area contributed by atoms with E-state index < -0.39 is 42.9 Å². The van der Waals surface area contributed by atoms with Gasteiger partial charge in [-0.05, 0) is 43.3 Å². The largest absolute Gasteiger partial charge is 0.393 e. The lowest BCUT2D eigenvalue weighted by atomic mass is 9.95. The summed E-state index contributed by atoms with van der Waals surface area (Å²) in [5.74, 6) is -0.595. The number of benzene rings is 1. The van der Waals surface area contributed by atoms with E-state index in [0.29, 0.717) is 22.2 Å². The Labute approximate surface area is 213 Å². The molecule has 2 bridgehead atoms. The number of hydrogen-bond donors (Lipinski definition) is 3. The van der Waals surface area contributed by atoms with Crippen molar-refractivity contribution in [3.05, 3.63) is 29.7 Å². The maximum Gasteiger partial charge on any atom is 0.393 e. The second kappa shape index (κ2) is 8.91. The van der Waals surface area contributed by atoms with Crippen LogP contribution in [0.15, 0.2) is 22.7 Å². The Morgan fingerprint density at radius 3 is 2.84 bits per heavy atom. The van der Waals surface area contributed by atoms with E-state index in [1.807, 2.05) is 7.05 Å². The molecule has 3 fully saturated rings. The van der Waals surface area contributed by atoms with Gasteiger partial charge in [0.15, 0.2) is 0 Å². The van der Waals surface area contributed by atoms with E-state index in [1.165, 1.54) is 0 Å². The molecule has 198 valence electrons. The van der Waals surface area contributed by atoms with Crippen molar-refractivity contribution in [2.75, 3.05) is 12.4 Å². The van der Waals surface area contributed by atoms with Gasteiger partial charge in [0.05, 0.1) is 27.7 Å². The van der Waals surface area contributed by atoms with Crippen molar-refractivity contribution in [2.45, 2.75) is 74.7 Å². The lowest BCUT2D eigenvalue weighted by Gasteiger charge is -2.39. The highest BCUT2D eigenvalue weighted by Crippen LogP contribution is 2.45. The Morgan fingerprint density at radius 1 is 1.30 bits per heavy atom. The molecule has 3 saturated heterocycles. The first-order valence-corrected chi connectivity index (χ1v) is 13.0. The van der Waals surface area contributed by atoms with Crippen molar-refractivity contribution in [3.8, 4) is 10.7 Å². The lowest BCUT2D eigenvalue weighted by Crippen LogP contribution is -2.53. The number of hydrogen-bond acceptors (Lipinski definition) is 8. The first-order chi connectivity index (χ1) is 17.6. The smallest absolute Gasteiger partial charge is 0.383 e. The van der Waals surface area contributed by atoms with Crippen molar-refractivity contribution in [1.29, 1.82) is 0 Å². The number of aliphatic hydroxyl groups is 1. The summed E-state index contributed by atoms with van der Waals surface area (Å²) in [5.41, 5.74) is 0.586. The summed E-state index contributed by atoms with van der Waals surface area (Å²) >= 11 is 1.09. The Balaban J connectivity index is 1.37. The normalized spacial score (nSPS) is 30.3. The van der Waals surface area contributed by atoms with Gasteiger partial charge in [0.25, 0.3) is 0 Å². The van der Waals surface area contributed by atoms with E-state index in [-0.39, 0.29) is 40.7 Å². The number of aliphatic hydroxyl groups excluding tert-OH is 1. The molecule has 8 nitrogen and oxygen atoms in total. The van der Waals surface area contributed by atoms with E-state index in [9.17, 15) is 23.1 Å². The lowest BCUT2D eigenvalue weighted by molar-refractivity contribution is -0.127. The van der Waals surface area contributed by atoms with E-state index in [4.69, 9.17) is 4.52 Å². The summed E-state index contributed by atoms with van der Waals surface area (Å²) in [6.45, 7) is 0. The van der Waals surface area contributed by atoms with Crippen LogP contribution in [-0.2, 0) is 11.2 Å². The number of thiophene rings is 1. The predicted molar refractivity (Wildman–Crippen MR) is 128 cm³/mol. The molecule has 3 aliphatic heterocycles. The molecule has 37 heavy (non-hydrogen) atoms. The molecule has 1 aromatic carbocycles. The first kappa shape index (κ1) is 24.6. The molecule has 0 radical (unpaired) electrons. The highest BCUT2D eigenvalue weighted by atomic mass is 32.1. The van der Waals surface area contributed by atoms with Crippen LogP contribution in [0.4, 0.5) is 23.2 Å². The topological polar surface area (TPSA) is 104 Å². The van der Waals surface area contributed by atoms with Crippen LogP contribution in [0.2, 0.25) is 0 Å². The Morgan fingerprint density at radius 2 is 2.11 bits per heavy atom. The predicted octanol–water partition coefficient (Wildman–Crippen LogP) is 3.96. The number of nitrogens with zero attached hydrogens (tertiary/aromatic N) is 3. The second-order valence-electron chi connectivity index (χ2n) is 10.0. The molecule has 3 N–H and O–H groups in total. The van der Waals surface area contributed by atoms with Crippen molar-refractivity contribution in [1.82, 2.24) is 20.4 Å². The van der Waals surface area contributed by atoms with Crippen molar-refractivity contribution in [3.63, 3.8) is 0 Å². The van der Waals surface area contributed by atoms with Gasteiger partial charge in [-0.15, -0.1) is 11.3 Å². The van der Waals surface area contributed by atoms with Gasteiger partial charge < -0.3 is 20.3 Å². The summed E-state index contributed by atoms with van der Waals surface area (Å²) in [4.78, 5) is 18.2. The van der Waals surface area contributed by atoms with E-state index in [1.54, 1.807) is 18.2 Å². The van der Waals surface area contributed by atoms with E-state index in [0.717, 1.165) is 24.2 Å². The van der Waals surface area contributed by atoms with Gasteiger partial charge in [-0.25, -0.2) is 4.39 Å². The van der Waals surface area contributed by atoms with Gasteiger partial charge in [-0.3, -0.25) is 9.69 Å². The number of piperidine rings is 1. The fraction of sp³-hybridized carbons (Fsp3) is 0.542. The van der Waals surface area contributed by atoms with Crippen molar-refractivity contribution < 1.29 is 32.0 Å². The van der Waals surface area contributed by atoms with Gasteiger partial charge >= 0.3 is 6.18 Å². The Hall–Kier alpha value is -2.77. The average molecular weight is 540 g/mol. The van der Waals surface area contributed by atoms with Crippen molar-refractivity contribution >= 4 is 33.0 Å². The monoisotopic (exact) mass is 539 g/mol. The number of amides is 1. The number of fused-ring (bicyclic) bond motifs is 3. The molecule has 6 atom stereocenters. The quantitative estimate of drug-likeness (QED) is 0.422. The number of carbonyl (C=O) groups excluding carboxylic acids is 1. The fourth-order valence-corrected chi connectivity index (χ4v) is 7.09. The molecule has 5 heterocycles. The van der Waals surface area contributed by atoms with Crippen LogP contribution in [0.5, 0.6) is 0 Å². The molecular weight excluding hydrogens is 514 g/mol. The third-order valence-electron chi connectivity index (χ3n) is 7.73. The van der Waals surface area contributed by atoms with Gasteiger partial charge in [-0.1, -0.05) is 17.3 Å². The van der Waals surface area contributed by atoms with Crippen LogP contribution in [0.3, 0.4) is 0 Å². The molecule has 6 rings (SSSR count). The van der Waals surface area contributed by atoms with Crippen LogP contribution >= 0.6 is 11.3 Å². The number of anilines is 1.